The number of nitrogens with zero attached hydrogens (tertiary/aromatic N) is 2. The number of carboxylic acid groups (broad SMARTS) is 1. The van der Waals surface area contributed by atoms with Gasteiger partial charge in [0.25, 0.3) is 0 Å². The minimum absolute atomic E-state index is 0.00866. The molecule has 7 nitrogen and oxygen atoms in total. The number of nitrogens with one attached hydrogen (secondary N) is 1. The largest absolute Gasteiger partial charge is 0.481 e. The zero-order chi connectivity index (χ0) is 14.7. The van der Waals surface area contributed by atoms with E-state index in [4.69, 9.17) is 10.8 Å². The third-order valence-corrected chi connectivity index (χ3v) is 3.97. The van der Waals surface area contributed by atoms with E-state index in [1.165, 1.54) is 0 Å². The van der Waals surface area contributed by atoms with Crippen LogP contribution in [0, 0.1) is 5.92 Å². The van der Waals surface area contributed by atoms with Crippen molar-refractivity contribution in [1.82, 2.24) is 14.9 Å². The molecule has 20 heavy (non-hydrogen) atoms. The van der Waals surface area contributed by atoms with Gasteiger partial charge >= 0.3 is 11.7 Å². The molecule has 1 fully saturated rings. The first kappa shape index (κ1) is 14.5. The van der Waals surface area contributed by atoms with Gasteiger partial charge in [0.15, 0.2) is 0 Å². The van der Waals surface area contributed by atoms with Crippen molar-refractivity contribution in [3.05, 3.63) is 22.7 Å². The first-order valence-corrected chi connectivity index (χ1v) is 6.75. The van der Waals surface area contributed by atoms with E-state index in [9.17, 15) is 9.59 Å². The van der Waals surface area contributed by atoms with E-state index in [2.05, 4.69) is 10.3 Å². The number of nitrogens with two attached hydrogens (primary N) is 1. The van der Waals surface area contributed by atoms with Crippen molar-refractivity contribution in [2.24, 2.45) is 5.92 Å². The van der Waals surface area contributed by atoms with Gasteiger partial charge in [-0.2, -0.15) is 4.98 Å². The van der Waals surface area contributed by atoms with E-state index in [1.807, 2.05) is 7.05 Å². The van der Waals surface area contributed by atoms with Gasteiger partial charge < -0.3 is 16.2 Å². The Hall–Kier alpha value is -1.89. The zero-order valence-corrected chi connectivity index (χ0v) is 11.5. The molecule has 0 saturated heterocycles. The third-order valence-electron chi connectivity index (χ3n) is 3.97. The fourth-order valence-electron chi connectivity index (χ4n) is 3.00. The Labute approximate surface area is 116 Å². The molecular weight excluding hydrogens is 260 g/mol. The molecule has 2 rings (SSSR count). The van der Waals surface area contributed by atoms with Crippen LogP contribution in [0.5, 0.6) is 0 Å². The SMILES string of the molecule is CN[C@H]1C[C@H](CC(=O)O)CC[C@@H]1n1ccc(N)nc1=O. The van der Waals surface area contributed by atoms with Gasteiger partial charge in [-0.25, -0.2) is 4.79 Å². The Kier molecular flexibility index (Phi) is 4.39. The van der Waals surface area contributed by atoms with E-state index >= 15 is 0 Å². The number of aromatic nitrogens is 2. The number of nitrogen functional groups attached to an aromatic ring is 1. The van der Waals surface area contributed by atoms with Crippen molar-refractivity contribution in [2.45, 2.75) is 37.8 Å². The summed E-state index contributed by atoms with van der Waals surface area (Å²) in [6.07, 6.45) is 4.14. The maximum Gasteiger partial charge on any atom is 0.349 e. The predicted octanol–water partition coefficient (Wildman–Crippen LogP) is 0.229. The summed E-state index contributed by atoms with van der Waals surface area (Å²) in [7, 11) is 1.83. The van der Waals surface area contributed by atoms with E-state index in [-0.39, 0.29) is 35.9 Å². The highest BCUT2D eigenvalue weighted by molar-refractivity contribution is 5.67. The van der Waals surface area contributed by atoms with Crippen LogP contribution in [0.4, 0.5) is 5.82 Å². The Morgan fingerprint density at radius 1 is 1.60 bits per heavy atom. The molecule has 0 amide bonds. The van der Waals surface area contributed by atoms with E-state index < -0.39 is 5.97 Å². The van der Waals surface area contributed by atoms with Crippen molar-refractivity contribution in [3.63, 3.8) is 0 Å². The van der Waals surface area contributed by atoms with Crippen molar-refractivity contribution < 1.29 is 9.90 Å². The molecule has 0 bridgehead atoms. The Balaban J connectivity index is 2.16. The van der Waals surface area contributed by atoms with Crippen molar-refractivity contribution in [1.29, 1.82) is 0 Å². The smallest absolute Gasteiger partial charge is 0.349 e. The number of carboxylic acids is 1. The number of aliphatic carboxylic acids is 1. The third kappa shape index (κ3) is 3.16. The standard InChI is InChI=1S/C13H20N4O3/c1-15-9-6-8(7-12(18)19)2-3-10(9)17-5-4-11(14)16-13(17)20/h4-5,8-10,15H,2-3,6-7H2,1H3,(H,18,19)(H2,14,16,20)/t8-,9+,10+/m1/s1. The van der Waals surface area contributed by atoms with Crippen LogP contribution in [0.3, 0.4) is 0 Å². The first-order chi connectivity index (χ1) is 9.51. The molecule has 1 aliphatic rings. The Morgan fingerprint density at radius 2 is 2.35 bits per heavy atom. The van der Waals surface area contributed by atoms with Gasteiger partial charge in [-0.1, -0.05) is 0 Å². The van der Waals surface area contributed by atoms with Gasteiger partial charge in [0, 0.05) is 18.7 Å². The van der Waals surface area contributed by atoms with Gasteiger partial charge in [-0.3, -0.25) is 9.36 Å². The summed E-state index contributed by atoms with van der Waals surface area (Å²) >= 11 is 0. The molecule has 110 valence electrons. The van der Waals surface area contributed by atoms with Crippen molar-refractivity contribution in [2.75, 3.05) is 12.8 Å². The summed E-state index contributed by atoms with van der Waals surface area (Å²) in [6, 6.07) is 1.67. The maximum atomic E-state index is 11.9. The quantitative estimate of drug-likeness (QED) is 0.728. The number of rotatable bonds is 4. The lowest BCUT2D eigenvalue weighted by Crippen LogP contribution is -2.44. The molecular formula is C13H20N4O3. The van der Waals surface area contributed by atoms with Crippen LogP contribution in [0.25, 0.3) is 0 Å². The molecule has 1 aromatic heterocycles. The average molecular weight is 280 g/mol. The molecule has 0 unspecified atom stereocenters. The molecule has 0 aromatic carbocycles. The van der Waals surface area contributed by atoms with Crippen LogP contribution in [0.2, 0.25) is 0 Å². The van der Waals surface area contributed by atoms with Crippen LogP contribution in [-0.4, -0.2) is 33.7 Å². The van der Waals surface area contributed by atoms with Crippen LogP contribution in [0.15, 0.2) is 17.1 Å². The molecule has 1 aliphatic carbocycles. The van der Waals surface area contributed by atoms with E-state index in [0.717, 1.165) is 19.3 Å². The van der Waals surface area contributed by atoms with Gasteiger partial charge in [0.1, 0.15) is 5.82 Å². The van der Waals surface area contributed by atoms with Crippen molar-refractivity contribution in [3.8, 4) is 0 Å². The van der Waals surface area contributed by atoms with Gasteiger partial charge in [0.2, 0.25) is 0 Å². The summed E-state index contributed by atoms with van der Waals surface area (Å²) in [4.78, 5) is 26.5. The lowest BCUT2D eigenvalue weighted by molar-refractivity contribution is -0.138. The van der Waals surface area contributed by atoms with Gasteiger partial charge in [-0.05, 0) is 38.3 Å². The lowest BCUT2D eigenvalue weighted by atomic mass is 9.80. The fourth-order valence-corrected chi connectivity index (χ4v) is 3.00. The highest BCUT2D eigenvalue weighted by atomic mass is 16.4. The Morgan fingerprint density at radius 3 is 2.95 bits per heavy atom. The van der Waals surface area contributed by atoms with Crippen LogP contribution in [0.1, 0.15) is 31.7 Å². The number of likely N-dealkylation sites (N-methyl/N-ethyl adjacent to an activating group) is 1. The maximum absolute atomic E-state index is 11.9. The molecule has 0 radical (unpaired) electrons. The summed E-state index contributed by atoms with van der Waals surface area (Å²) in [6.45, 7) is 0. The number of hydrogen-bond donors (Lipinski definition) is 3. The average Bonchev–Trinajstić information content (AvgIpc) is 2.38. The highest BCUT2D eigenvalue weighted by Gasteiger charge is 2.32. The molecule has 1 heterocycles. The number of carbonyl (C=O) groups is 1. The van der Waals surface area contributed by atoms with Crippen molar-refractivity contribution >= 4 is 11.8 Å². The summed E-state index contributed by atoms with van der Waals surface area (Å²) < 4.78 is 1.59. The normalized spacial score (nSPS) is 26.4. The molecule has 3 atom stereocenters. The molecule has 4 N–H and O–H groups in total. The lowest BCUT2D eigenvalue weighted by Gasteiger charge is -2.36. The Bertz CT molecular complexity index is 543. The topological polar surface area (TPSA) is 110 Å². The number of anilines is 1. The highest BCUT2D eigenvalue weighted by Crippen LogP contribution is 2.33. The molecule has 7 heteroatoms. The minimum atomic E-state index is -0.769. The molecule has 0 aliphatic heterocycles. The monoisotopic (exact) mass is 280 g/mol. The first-order valence-electron chi connectivity index (χ1n) is 6.75. The summed E-state index contributed by atoms with van der Waals surface area (Å²) in [5.74, 6) is -0.403. The summed E-state index contributed by atoms with van der Waals surface area (Å²) in [5, 5.41) is 12.1. The van der Waals surface area contributed by atoms with Crippen LogP contribution >= 0.6 is 0 Å². The second-order valence-electron chi connectivity index (χ2n) is 5.28. The van der Waals surface area contributed by atoms with E-state index in [0.29, 0.717) is 0 Å². The fraction of sp³-hybridized carbons (Fsp3) is 0.615. The number of hydrogen-bond acceptors (Lipinski definition) is 5. The predicted molar refractivity (Wildman–Crippen MR) is 74.4 cm³/mol. The van der Waals surface area contributed by atoms with E-state index in [1.54, 1.807) is 16.8 Å². The van der Waals surface area contributed by atoms with Crippen LogP contribution in [-0.2, 0) is 4.79 Å². The van der Waals surface area contributed by atoms with Crippen LogP contribution < -0.4 is 16.7 Å². The van der Waals surface area contributed by atoms with Gasteiger partial charge in [-0.15, -0.1) is 0 Å². The van der Waals surface area contributed by atoms with Gasteiger partial charge in [0.05, 0.1) is 6.04 Å². The minimum Gasteiger partial charge on any atom is -0.481 e. The second-order valence-corrected chi connectivity index (χ2v) is 5.28. The summed E-state index contributed by atoms with van der Waals surface area (Å²) in [5.41, 5.74) is 5.14. The zero-order valence-electron chi connectivity index (χ0n) is 11.5. The molecule has 1 saturated carbocycles. The molecule has 1 aromatic rings. The second kappa shape index (κ2) is 6.04. The molecule has 0 spiro atoms.